The molecule has 0 radical (unpaired) electrons. The van der Waals surface area contributed by atoms with Crippen molar-refractivity contribution in [2.75, 3.05) is 14.2 Å². The van der Waals surface area contributed by atoms with E-state index in [0.717, 1.165) is 5.57 Å². The third-order valence-electron chi connectivity index (χ3n) is 5.09. The minimum absolute atomic E-state index is 0.0568. The summed E-state index contributed by atoms with van der Waals surface area (Å²) >= 11 is 0. The molecule has 0 amide bonds. The molecule has 0 saturated carbocycles. The highest BCUT2D eigenvalue weighted by atomic mass is 16.5. The van der Waals surface area contributed by atoms with E-state index in [1.807, 2.05) is 6.92 Å². The van der Waals surface area contributed by atoms with Crippen molar-refractivity contribution >= 4 is 11.0 Å². The van der Waals surface area contributed by atoms with Crippen molar-refractivity contribution in [1.29, 1.82) is 0 Å². The van der Waals surface area contributed by atoms with Gasteiger partial charge in [0.05, 0.1) is 19.8 Å². The molecule has 1 aliphatic heterocycles. The van der Waals surface area contributed by atoms with Crippen LogP contribution in [0.2, 0.25) is 0 Å². The number of methoxy groups -OCH3 is 2. The van der Waals surface area contributed by atoms with E-state index in [9.17, 15) is 15.0 Å². The molecule has 1 atom stereocenters. The SMILES string of the molecule is C=C(C)C1Cc2c(cc(O)c3c(=O)c(-c4cc(OC)c(O)cc4OC)coc23)O1. The highest BCUT2D eigenvalue weighted by molar-refractivity contribution is 5.92. The Bertz CT molecular complexity index is 1210. The first-order valence-corrected chi connectivity index (χ1v) is 8.93. The Morgan fingerprint density at radius 3 is 2.48 bits per heavy atom. The molecule has 150 valence electrons. The molecule has 0 bridgehead atoms. The molecule has 1 unspecified atom stereocenters. The predicted molar refractivity (Wildman–Crippen MR) is 107 cm³/mol. The highest BCUT2D eigenvalue weighted by Gasteiger charge is 2.30. The third kappa shape index (κ3) is 2.86. The van der Waals surface area contributed by atoms with E-state index in [1.165, 1.54) is 38.7 Å². The van der Waals surface area contributed by atoms with Crippen molar-refractivity contribution in [2.45, 2.75) is 19.4 Å². The Hall–Kier alpha value is -3.61. The maximum absolute atomic E-state index is 13.3. The van der Waals surface area contributed by atoms with E-state index in [4.69, 9.17) is 18.6 Å². The van der Waals surface area contributed by atoms with Crippen molar-refractivity contribution in [3.63, 3.8) is 0 Å². The molecule has 4 rings (SSSR count). The average molecular weight is 396 g/mol. The van der Waals surface area contributed by atoms with Gasteiger partial charge < -0.3 is 28.8 Å². The molecule has 2 heterocycles. The molecule has 0 fully saturated rings. The minimum Gasteiger partial charge on any atom is -0.507 e. The molecule has 1 aromatic heterocycles. The summed E-state index contributed by atoms with van der Waals surface area (Å²) in [5.74, 6) is 0.559. The van der Waals surface area contributed by atoms with Crippen LogP contribution in [0.4, 0.5) is 0 Å². The fourth-order valence-corrected chi connectivity index (χ4v) is 3.55. The van der Waals surface area contributed by atoms with Crippen LogP contribution in [0, 0.1) is 0 Å². The number of hydrogen-bond donors (Lipinski definition) is 2. The molecule has 0 saturated heterocycles. The molecule has 29 heavy (non-hydrogen) atoms. The number of phenols is 2. The van der Waals surface area contributed by atoms with Crippen molar-refractivity contribution in [1.82, 2.24) is 0 Å². The van der Waals surface area contributed by atoms with Gasteiger partial charge in [-0.05, 0) is 18.6 Å². The molecule has 2 N–H and O–H groups in total. The number of hydrogen-bond acceptors (Lipinski definition) is 7. The van der Waals surface area contributed by atoms with Crippen LogP contribution in [0.5, 0.6) is 28.7 Å². The molecule has 7 nitrogen and oxygen atoms in total. The van der Waals surface area contributed by atoms with Crippen LogP contribution >= 0.6 is 0 Å². The summed E-state index contributed by atoms with van der Waals surface area (Å²) in [6.07, 6.45) is 1.58. The summed E-state index contributed by atoms with van der Waals surface area (Å²) in [5, 5.41) is 20.6. The molecule has 0 spiro atoms. The lowest BCUT2D eigenvalue weighted by molar-refractivity contribution is 0.270. The van der Waals surface area contributed by atoms with Crippen LogP contribution < -0.4 is 19.6 Å². The van der Waals surface area contributed by atoms with Crippen molar-refractivity contribution in [3.05, 3.63) is 52.4 Å². The van der Waals surface area contributed by atoms with Crippen LogP contribution in [0.15, 0.2) is 45.8 Å². The van der Waals surface area contributed by atoms with Gasteiger partial charge in [0.15, 0.2) is 11.5 Å². The Balaban J connectivity index is 1.96. The van der Waals surface area contributed by atoms with Crippen LogP contribution in [-0.2, 0) is 6.42 Å². The summed E-state index contributed by atoms with van der Waals surface area (Å²) < 4.78 is 22.1. The van der Waals surface area contributed by atoms with Crippen molar-refractivity contribution < 1.29 is 28.8 Å². The minimum atomic E-state index is -0.434. The number of phenolic OH excluding ortho intramolecular Hbond substituents is 2. The van der Waals surface area contributed by atoms with Gasteiger partial charge in [-0.3, -0.25) is 4.79 Å². The standard InChI is InChI=1S/C22H20O7/c1-10(2)16-6-12-18(29-16)8-15(24)20-21(25)13(9-28-22(12)20)11-5-19(27-4)14(23)7-17(11)26-3/h5,7-9,16,23-24H,1,6H2,2-4H3. The van der Waals surface area contributed by atoms with Gasteiger partial charge in [-0.1, -0.05) is 6.58 Å². The first-order valence-electron chi connectivity index (χ1n) is 8.93. The fraction of sp³-hybridized carbons (Fsp3) is 0.227. The second kappa shape index (κ2) is 6.77. The third-order valence-corrected chi connectivity index (χ3v) is 5.09. The fourth-order valence-electron chi connectivity index (χ4n) is 3.55. The molecule has 0 aliphatic carbocycles. The molecular weight excluding hydrogens is 376 g/mol. The number of benzene rings is 2. The van der Waals surface area contributed by atoms with E-state index in [-0.39, 0.29) is 45.6 Å². The van der Waals surface area contributed by atoms with Crippen molar-refractivity contribution in [2.24, 2.45) is 0 Å². The first kappa shape index (κ1) is 18.7. The normalized spacial score (nSPS) is 15.1. The maximum atomic E-state index is 13.3. The summed E-state index contributed by atoms with van der Waals surface area (Å²) in [6.45, 7) is 5.77. The molecule has 2 aromatic carbocycles. The Kier molecular flexibility index (Phi) is 4.38. The summed E-state index contributed by atoms with van der Waals surface area (Å²) in [5.41, 5.74) is 1.93. The quantitative estimate of drug-likeness (QED) is 0.648. The number of fused-ring (bicyclic) bond motifs is 3. The second-order valence-corrected chi connectivity index (χ2v) is 6.94. The van der Waals surface area contributed by atoms with Crippen LogP contribution in [0.25, 0.3) is 22.1 Å². The lowest BCUT2D eigenvalue weighted by Crippen LogP contribution is -2.13. The smallest absolute Gasteiger partial charge is 0.204 e. The van der Waals surface area contributed by atoms with Crippen LogP contribution in [0.3, 0.4) is 0 Å². The molecule has 3 aromatic rings. The zero-order chi connectivity index (χ0) is 20.9. The van der Waals surface area contributed by atoms with Crippen molar-refractivity contribution in [3.8, 4) is 39.9 Å². The monoisotopic (exact) mass is 396 g/mol. The average Bonchev–Trinajstić information content (AvgIpc) is 3.12. The second-order valence-electron chi connectivity index (χ2n) is 6.94. The largest absolute Gasteiger partial charge is 0.507 e. The number of aromatic hydroxyl groups is 2. The van der Waals surface area contributed by atoms with Gasteiger partial charge in [0, 0.05) is 29.7 Å². The number of rotatable bonds is 4. The summed E-state index contributed by atoms with van der Waals surface area (Å²) in [4.78, 5) is 13.3. The van der Waals surface area contributed by atoms with Gasteiger partial charge in [-0.25, -0.2) is 0 Å². The summed E-state index contributed by atoms with van der Waals surface area (Å²) in [6, 6.07) is 4.26. The van der Waals surface area contributed by atoms with Gasteiger partial charge in [-0.2, -0.15) is 0 Å². The Morgan fingerprint density at radius 2 is 1.83 bits per heavy atom. The van der Waals surface area contributed by atoms with Crippen LogP contribution in [-0.4, -0.2) is 30.5 Å². The van der Waals surface area contributed by atoms with Crippen LogP contribution in [0.1, 0.15) is 12.5 Å². The van der Waals surface area contributed by atoms with E-state index >= 15 is 0 Å². The molecule has 1 aliphatic rings. The Morgan fingerprint density at radius 1 is 1.10 bits per heavy atom. The summed E-state index contributed by atoms with van der Waals surface area (Å²) in [7, 11) is 2.83. The zero-order valence-corrected chi connectivity index (χ0v) is 16.2. The predicted octanol–water partition coefficient (Wildman–Crippen LogP) is 3.77. The van der Waals surface area contributed by atoms with Gasteiger partial charge in [0.25, 0.3) is 0 Å². The maximum Gasteiger partial charge on any atom is 0.204 e. The number of ether oxygens (including phenoxy) is 3. The molecule has 7 heteroatoms. The van der Waals surface area contributed by atoms with E-state index in [0.29, 0.717) is 23.3 Å². The lowest BCUT2D eigenvalue weighted by atomic mass is 9.99. The van der Waals surface area contributed by atoms with E-state index in [1.54, 1.807) is 0 Å². The van der Waals surface area contributed by atoms with Gasteiger partial charge in [0.1, 0.15) is 40.6 Å². The van der Waals surface area contributed by atoms with E-state index < -0.39 is 5.43 Å². The topological polar surface area (TPSA) is 98.4 Å². The highest BCUT2D eigenvalue weighted by Crippen LogP contribution is 2.43. The Labute approximate surface area is 166 Å². The van der Waals surface area contributed by atoms with E-state index in [2.05, 4.69) is 6.58 Å². The van der Waals surface area contributed by atoms with Gasteiger partial charge >= 0.3 is 0 Å². The molecular formula is C22H20O7. The lowest BCUT2D eigenvalue weighted by Gasteiger charge is -2.13. The zero-order valence-electron chi connectivity index (χ0n) is 16.2. The first-order chi connectivity index (χ1) is 13.8. The van der Waals surface area contributed by atoms with Gasteiger partial charge in [-0.15, -0.1) is 0 Å². The van der Waals surface area contributed by atoms with Gasteiger partial charge in [0.2, 0.25) is 5.43 Å².